The zero-order chi connectivity index (χ0) is 13.2. The molecule has 1 saturated heterocycles. The van der Waals surface area contributed by atoms with Gasteiger partial charge in [-0.3, -0.25) is 4.79 Å². The number of hydrogen-bond acceptors (Lipinski definition) is 4. The van der Waals surface area contributed by atoms with Gasteiger partial charge in [-0.25, -0.2) is 4.98 Å². The number of nitrogens with one attached hydrogen (secondary N) is 1. The number of aromatic nitrogens is 2. The first-order valence-electron chi connectivity index (χ1n) is 6.05. The molecule has 0 spiro atoms. The van der Waals surface area contributed by atoms with Crippen LogP contribution in [0.5, 0.6) is 0 Å². The average Bonchev–Trinajstić information content (AvgIpc) is 2.94. The number of benzene rings is 1. The lowest BCUT2D eigenvalue weighted by molar-refractivity contribution is 0.265. The highest BCUT2D eigenvalue weighted by Gasteiger charge is 2.18. The first kappa shape index (κ1) is 11.5. The SMILES string of the molecule is N#CC(=C1CCCO1)c1nc2ccccc2c(=O)[nH]1. The van der Waals surface area contributed by atoms with E-state index in [-0.39, 0.29) is 11.4 Å². The summed E-state index contributed by atoms with van der Waals surface area (Å²) in [4.78, 5) is 19.0. The van der Waals surface area contributed by atoms with Crippen molar-refractivity contribution in [2.24, 2.45) is 0 Å². The molecule has 0 bridgehead atoms. The summed E-state index contributed by atoms with van der Waals surface area (Å²) in [6.45, 7) is 0.609. The summed E-state index contributed by atoms with van der Waals surface area (Å²) in [5.74, 6) is 0.893. The second-order valence-electron chi connectivity index (χ2n) is 4.29. The van der Waals surface area contributed by atoms with Crippen LogP contribution in [0.3, 0.4) is 0 Å². The molecule has 1 aromatic heterocycles. The van der Waals surface area contributed by atoms with Crippen LogP contribution in [0.4, 0.5) is 0 Å². The molecule has 2 heterocycles. The van der Waals surface area contributed by atoms with Gasteiger partial charge in [0, 0.05) is 6.42 Å². The molecule has 0 atom stereocenters. The van der Waals surface area contributed by atoms with Crippen LogP contribution in [-0.2, 0) is 4.74 Å². The van der Waals surface area contributed by atoms with Crippen LogP contribution in [0.2, 0.25) is 0 Å². The van der Waals surface area contributed by atoms with Crippen molar-refractivity contribution in [2.75, 3.05) is 6.61 Å². The molecule has 0 amide bonds. The number of H-pyrrole nitrogens is 1. The van der Waals surface area contributed by atoms with Gasteiger partial charge in [0.1, 0.15) is 17.4 Å². The van der Waals surface area contributed by atoms with E-state index in [0.29, 0.717) is 35.3 Å². The Labute approximate surface area is 109 Å². The third kappa shape index (κ3) is 1.97. The Bertz CT molecular complexity index is 760. The molecule has 1 N–H and O–H groups in total. The van der Waals surface area contributed by atoms with Crippen molar-refractivity contribution in [2.45, 2.75) is 12.8 Å². The molecule has 5 nitrogen and oxygen atoms in total. The molecule has 1 aliphatic rings. The number of allylic oxidation sites excluding steroid dienone is 2. The van der Waals surface area contributed by atoms with Crippen molar-refractivity contribution < 1.29 is 4.74 Å². The monoisotopic (exact) mass is 253 g/mol. The third-order valence-electron chi connectivity index (χ3n) is 3.06. The molecule has 2 aromatic rings. The number of rotatable bonds is 1. The van der Waals surface area contributed by atoms with Crippen LogP contribution < -0.4 is 5.56 Å². The molecule has 1 fully saturated rings. The summed E-state index contributed by atoms with van der Waals surface area (Å²) >= 11 is 0. The summed E-state index contributed by atoms with van der Waals surface area (Å²) in [7, 11) is 0. The molecule has 19 heavy (non-hydrogen) atoms. The predicted molar refractivity (Wildman–Crippen MR) is 70.1 cm³/mol. The van der Waals surface area contributed by atoms with Gasteiger partial charge >= 0.3 is 0 Å². The van der Waals surface area contributed by atoms with E-state index in [1.165, 1.54) is 0 Å². The molecule has 1 aliphatic heterocycles. The highest BCUT2D eigenvalue weighted by atomic mass is 16.5. The minimum absolute atomic E-state index is 0.244. The standard InChI is InChI=1S/C14H11N3O2/c15-8-10(12-6-3-7-19-12)13-16-11-5-2-1-4-9(11)14(18)17-13/h1-2,4-5H,3,6-7H2,(H,16,17,18). The summed E-state index contributed by atoms with van der Waals surface area (Å²) in [6, 6.07) is 9.12. The third-order valence-corrected chi connectivity index (χ3v) is 3.06. The van der Waals surface area contributed by atoms with Gasteiger partial charge < -0.3 is 9.72 Å². The van der Waals surface area contributed by atoms with E-state index in [2.05, 4.69) is 16.0 Å². The van der Waals surface area contributed by atoms with E-state index >= 15 is 0 Å². The fourth-order valence-corrected chi connectivity index (χ4v) is 2.15. The first-order valence-corrected chi connectivity index (χ1v) is 6.05. The maximum absolute atomic E-state index is 12.0. The van der Waals surface area contributed by atoms with E-state index in [1.54, 1.807) is 18.2 Å². The molecule has 3 rings (SSSR count). The van der Waals surface area contributed by atoms with Crippen molar-refractivity contribution in [1.29, 1.82) is 5.26 Å². The van der Waals surface area contributed by atoms with Crippen molar-refractivity contribution in [3.05, 3.63) is 46.2 Å². The molecule has 5 heteroatoms. The highest BCUT2D eigenvalue weighted by Crippen LogP contribution is 2.24. The van der Waals surface area contributed by atoms with Gasteiger partial charge in [-0.2, -0.15) is 5.26 Å². The molecule has 0 saturated carbocycles. The van der Waals surface area contributed by atoms with Crippen LogP contribution >= 0.6 is 0 Å². The minimum Gasteiger partial charge on any atom is -0.496 e. The van der Waals surface area contributed by atoms with Gasteiger partial charge in [-0.05, 0) is 18.6 Å². The summed E-state index contributed by atoms with van der Waals surface area (Å²) < 4.78 is 5.41. The summed E-state index contributed by atoms with van der Waals surface area (Å²) in [5, 5.41) is 9.77. The number of nitriles is 1. The van der Waals surface area contributed by atoms with Gasteiger partial charge in [0.2, 0.25) is 0 Å². The van der Waals surface area contributed by atoms with Gasteiger partial charge in [0.05, 0.1) is 17.5 Å². The maximum Gasteiger partial charge on any atom is 0.259 e. The Kier molecular flexibility index (Phi) is 2.76. The van der Waals surface area contributed by atoms with Gasteiger partial charge in [0.15, 0.2) is 5.82 Å². The Balaban J connectivity index is 2.23. The lowest BCUT2D eigenvalue weighted by Gasteiger charge is -2.04. The van der Waals surface area contributed by atoms with Crippen LogP contribution in [0.25, 0.3) is 16.5 Å². The number of fused-ring (bicyclic) bond motifs is 1. The van der Waals surface area contributed by atoms with Crippen LogP contribution in [-0.4, -0.2) is 16.6 Å². The molecule has 0 radical (unpaired) electrons. The second kappa shape index (κ2) is 4.58. The fraction of sp³-hybridized carbons (Fsp3) is 0.214. The van der Waals surface area contributed by atoms with E-state index in [4.69, 9.17) is 4.74 Å². The summed E-state index contributed by atoms with van der Waals surface area (Å²) in [5.41, 5.74) is 0.653. The molecule has 94 valence electrons. The lowest BCUT2D eigenvalue weighted by Crippen LogP contribution is -2.11. The first-order chi connectivity index (χ1) is 9.29. The number of para-hydroxylation sites is 1. The smallest absolute Gasteiger partial charge is 0.259 e. The van der Waals surface area contributed by atoms with Crippen LogP contribution in [0.15, 0.2) is 34.8 Å². The number of hydrogen-bond donors (Lipinski definition) is 1. The van der Waals surface area contributed by atoms with Gasteiger partial charge in [-0.15, -0.1) is 0 Å². The van der Waals surface area contributed by atoms with Crippen molar-refractivity contribution in [3.63, 3.8) is 0 Å². The summed E-state index contributed by atoms with van der Waals surface area (Å²) in [6.07, 6.45) is 1.59. The van der Waals surface area contributed by atoms with Crippen LogP contribution in [0.1, 0.15) is 18.7 Å². The topological polar surface area (TPSA) is 78.8 Å². The van der Waals surface area contributed by atoms with Crippen molar-refractivity contribution >= 4 is 16.5 Å². The van der Waals surface area contributed by atoms with Crippen molar-refractivity contribution in [3.8, 4) is 6.07 Å². The molecule has 0 unspecified atom stereocenters. The highest BCUT2D eigenvalue weighted by molar-refractivity contribution is 5.81. The van der Waals surface area contributed by atoms with Gasteiger partial charge in [0.25, 0.3) is 5.56 Å². The molecule has 0 aliphatic carbocycles. The Morgan fingerprint density at radius 3 is 3.00 bits per heavy atom. The maximum atomic E-state index is 12.0. The van der Waals surface area contributed by atoms with E-state index in [9.17, 15) is 10.1 Å². The molecule has 1 aromatic carbocycles. The average molecular weight is 253 g/mol. The largest absolute Gasteiger partial charge is 0.496 e. The van der Waals surface area contributed by atoms with E-state index in [0.717, 1.165) is 6.42 Å². The Morgan fingerprint density at radius 1 is 1.42 bits per heavy atom. The molecular weight excluding hydrogens is 242 g/mol. The zero-order valence-electron chi connectivity index (χ0n) is 10.1. The van der Waals surface area contributed by atoms with Crippen LogP contribution in [0, 0.1) is 11.3 Å². The number of aromatic amines is 1. The second-order valence-corrected chi connectivity index (χ2v) is 4.29. The van der Waals surface area contributed by atoms with Gasteiger partial charge in [-0.1, -0.05) is 12.1 Å². The fourth-order valence-electron chi connectivity index (χ4n) is 2.15. The Morgan fingerprint density at radius 2 is 2.26 bits per heavy atom. The number of nitrogens with zero attached hydrogens (tertiary/aromatic N) is 2. The normalized spacial score (nSPS) is 17.0. The quantitative estimate of drug-likeness (QED) is 0.788. The number of ether oxygens (including phenoxy) is 1. The lowest BCUT2D eigenvalue weighted by atomic mass is 10.1. The zero-order valence-corrected chi connectivity index (χ0v) is 10.1. The molecular formula is C14H11N3O2. The minimum atomic E-state index is -0.244. The van der Waals surface area contributed by atoms with E-state index < -0.39 is 0 Å². The van der Waals surface area contributed by atoms with E-state index in [1.807, 2.05) is 6.07 Å². The predicted octanol–water partition coefficient (Wildman–Crippen LogP) is 1.97. The Hall–Kier alpha value is -2.61. The van der Waals surface area contributed by atoms with Crippen molar-refractivity contribution in [1.82, 2.24) is 9.97 Å².